The Hall–Kier alpha value is -0.500. The average Bonchev–Trinajstić information content (AvgIpc) is 3.16. The van der Waals surface area contributed by atoms with E-state index < -0.39 is 24.1 Å². The molecular formula is C13H19F6NO. The van der Waals surface area contributed by atoms with Gasteiger partial charge < -0.3 is 10.1 Å². The Bertz CT molecular complexity index is 330. The molecule has 2 rings (SSSR count). The van der Waals surface area contributed by atoms with Crippen molar-refractivity contribution in [1.82, 2.24) is 5.32 Å². The van der Waals surface area contributed by atoms with Crippen molar-refractivity contribution < 1.29 is 31.1 Å². The van der Waals surface area contributed by atoms with Crippen LogP contribution in [0.2, 0.25) is 0 Å². The Labute approximate surface area is 119 Å². The summed E-state index contributed by atoms with van der Waals surface area (Å²) in [5, 5.41) is 3.02. The summed E-state index contributed by atoms with van der Waals surface area (Å²) in [7, 11) is 0. The molecule has 2 saturated carbocycles. The molecule has 21 heavy (non-hydrogen) atoms. The van der Waals surface area contributed by atoms with E-state index in [1.807, 2.05) is 0 Å². The van der Waals surface area contributed by atoms with Gasteiger partial charge in [0.25, 0.3) is 0 Å². The van der Waals surface area contributed by atoms with Gasteiger partial charge in [-0.3, -0.25) is 0 Å². The number of rotatable bonds is 5. The second-order valence-electron chi connectivity index (χ2n) is 5.98. The zero-order valence-corrected chi connectivity index (χ0v) is 11.5. The highest BCUT2D eigenvalue weighted by molar-refractivity contribution is 4.93. The van der Waals surface area contributed by atoms with E-state index in [9.17, 15) is 26.3 Å². The first-order chi connectivity index (χ1) is 9.62. The van der Waals surface area contributed by atoms with Gasteiger partial charge in [-0.05, 0) is 25.7 Å². The Balaban J connectivity index is 2.10. The summed E-state index contributed by atoms with van der Waals surface area (Å²) < 4.78 is 80.8. The van der Waals surface area contributed by atoms with Gasteiger partial charge in [-0.25, -0.2) is 0 Å². The van der Waals surface area contributed by atoms with Gasteiger partial charge in [0.1, 0.15) is 0 Å². The highest BCUT2D eigenvalue weighted by Crippen LogP contribution is 2.42. The van der Waals surface area contributed by atoms with Crippen molar-refractivity contribution in [3.8, 4) is 0 Å². The first-order valence-electron chi connectivity index (χ1n) is 7.17. The van der Waals surface area contributed by atoms with Gasteiger partial charge in [0.15, 0.2) is 0 Å². The fourth-order valence-electron chi connectivity index (χ4n) is 2.72. The normalized spacial score (nSPS) is 23.6. The molecule has 0 aliphatic heterocycles. The molecule has 124 valence electrons. The average molecular weight is 319 g/mol. The number of nitrogens with one attached hydrogen (secondary N) is 1. The third kappa shape index (κ3) is 4.74. The molecule has 0 aromatic rings. The van der Waals surface area contributed by atoms with Gasteiger partial charge in [0.05, 0.1) is 5.60 Å². The predicted molar refractivity (Wildman–Crippen MR) is 63.8 cm³/mol. The molecule has 1 N–H and O–H groups in total. The molecule has 2 aliphatic rings. The summed E-state index contributed by atoms with van der Waals surface area (Å²) in [5.41, 5.74) is -1.36. The molecule has 0 bridgehead atoms. The fraction of sp³-hybridized carbons (Fsp3) is 1.00. The van der Waals surface area contributed by atoms with Crippen LogP contribution in [0.1, 0.15) is 44.9 Å². The van der Waals surface area contributed by atoms with Gasteiger partial charge in [-0.2, -0.15) is 26.3 Å². The van der Waals surface area contributed by atoms with E-state index >= 15 is 0 Å². The van der Waals surface area contributed by atoms with Crippen LogP contribution in [0.3, 0.4) is 0 Å². The maximum Gasteiger partial charge on any atom is 0.423 e. The summed E-state index contributed by atoms with van der Waals surface area (Å²) in [4.78, 5) is 0. The van der Waals surface area contributed by atoms with Crippen molar-refractivity contribution >= 4 is 0 Å². The number of hydrogen-bond donors (Lipinski definition) is 1. The number of ether oxygens (including phenoxy) is 1. The molecule has 0 amide bonds. The minimum absolute atomic E-state index is 0.0559. The van der Waals surface area contributed by atoms with Crippen LogP contribution >= 0.6 is 0 Å². The van der Waals surface area contributed by atoms with Crippen LogP contribution in [0, 0.1) is 0 Å². The Kier molecular flexibility index (Phi) is 4.78. The van der Waals surface area contributed by atoms with Crippen molar-refractivity contribution in [3.05, 3.63) is 0 Å². The molecule has 0 aromatic heterocycles. The van der Waals surface area contributed by atoms with E-state index in [0.29, 0.717) is 12.8 Å². The number of alkyl halides is 6. The maximum atomic E-state index is 12.7. The lowest BCUT2D eigenvalue weighted by atomic mass is 9.84. The summed E-state index contributed by atoms with van der Waals surface area (Å²) in [5.74, 6) is 0. The molecular weight excluding hydrogens is 300 g/mol. The van der Waals surface area contributed by atoms with Gasteiger partial charge in [-0.15, -0.1) is 0 Å². The third-order valence-electron chi connectivity index (χ3n) is 4.02. The van der Waals surface area contributed by atoms with Crippen LogP contribution in [0.15, 0.2) is 0 Å². The molecule has 8 heteroatoms. The zero-order chi connectivity index (χ0) is 15.7. The van der Waals surface area contributed by atoms with Crippen molar-refractivity contribution in [3.63, 3.8) is 0 Å². The van der Waals surface area contributed by atoms with Gasteiger partial charge >= 0.3 is 12.4 Å². The Morgan fingerprint density at radius 1 is 0.952 bits per heavy atom. The van der Waals surface area contributed by atoms with E-state index in [2.05, 4.69) is 10.1 Å². The highest BCUT2D eigenvalue weighted by atomic mass is 19.4. The molecule has 0 unspecified atom stereocenters. The van der Waals surface area contributed by atoms with Crippen LogP contribution in [0.25, 0.3) is 0 Å². The quantitative estimate of drug-likeness (QED) is 0.775. The molecule has 0 radical (unpaired) electrons. The van der Waals surface area contributed by atoms with E-state index in [-0.39, 0.29) is 25.4 Å². The smallest absolute Gasteiger partial charge is 0.353 e. The SMILES string of the molecule is FC(F)(F)C(OC1(CNC2CC2)CCCCC1)C(F)(F)F. The van der Waals surface area contributed by atoms with Gasteiger partial charge in [-0.1, -0.05) is 19.3 Å². The Morgan fingerprint density at radius 2 is 1.48 bits per heavy atom. The lowest BCUT2D eigenvalue weighted by Crippen LogP contribution is -2.54. The van der Waals surface area contributed by atoms with Crippen LogP contribution in [0.4, 0.5) is 26.3 Å². The minimum atomic E-state index is -5.44. The standard InChI is InChI=1S/C13H19F6NO/c14-12(15,16)10(13(17,18)19)21-11(6-2-1-3-7-11)8-20-9-4-5-9/h9-10,20H,1-8H2. The summed E-state index contributed by atoms with van der Waals surface area (Å²) in [6, 6.07) is 0.211. The van der Waals surface area contributed by atoms with Crippen LogP contribution in [0.5, 0.6) is 0 Å². The lowest BCUT2D eigenvalue weighted by Gasteiger charge is -2.41. The van der Waals surface area contributed by atoms with Crippen LogP contribution in [-0.2, 0) is 4.74 Å². The van der Waals surface area contributed by atoms with Crippen molar-refractivity contribution in [1.29, 1.82) is 0 Å². The molecule has 0 heterocycles. The molecule has 0 spiro atoms. The molecule has 0 aromatic carbocycles. The van der Waals surface area contributed by atoms with Crippen LogP contribution < -0.4 is 5.32 Å². The number of hydrogen-bond acceptors (Lipinski definition) is 2. The van der Waals surface area contributed by atoms with Gasteiger partial charge in [0, 0.05) is 12.6 Å². The van der Waals surface area contributed by atoms with Crippen molar-refractivity contribution in [2.45, 2.75) is 75.0 Å². The first kappa shape index (κ1) is 16.9. The molecule has 2 fully saturated rings. The molecule has 2 nitrogen and oxygen atoms in total. The topological polar surface area (TPSA) is 21.3 Å². The maximum absolute atomic E-state index is 12.7. The predicted octanol–water partition coefficient (Wildman–Crippen LogP) is 3.95. The Morgan fingerprint density at radius 3 is 1.90 bits per heavy atom. The van der Waals surface area contributed by atoms with Crippen LogP contribution in [-0.4, -0.2) is 36.6 Å². The summed E-state index contributed by atoms with van der Waals surface area (Å²) in [6.45, 7) is 0.0559. The van der Waals surface area contributed by atoms with Crippen molar-refractivity contribution in [2.75, 3.05) is 6.54 Å². The number of halogens is 6. The minimum Gasteiger partial charge on any atom is -0.353 e. The zero-order valence-electron chi connectivity index (χ0n) is 11.5. The molecule has 0 atom stereocenters. The van der Waals surface area contributed by atoms with E-state index in [1.165, 1.54) is 0 Å². The lowest BCUT2D eigenvalue weighted by molar-refractivity contribution is -0.346. The summed E-state index contributed by atoms with van der Waals surface area (Å²) in [6.07, 6.45) is -10.3. The third-order valence-corrected chi connectivity index (χ3v) is 4.02. The van der Waals surface area contributed by atoms with E-state index in [0.717, 1.165) is 19.3 Å². The summed E-state index contributed by atoms with van der Waals surface area (Å²) >= 11 is 0. The van der Waals surface area contributed by atoms with Gasteiger partial charge in [0.2, 0.25) is 6.10 Å². The molecule has 0 saturated heterocycles. The fourth-order valence-corrected chi connectivity index (χ4v) is 2.72. The monoisotopic (exact) mass is 319 g/mol. The van der Waals surface area contributed by atoms with E-state index in [1.54, 1.807) is 0 Å². The second-order valence-corrected chi connectivity index (χ2v) is 5.98. The molecule has 2 aliphatic carbocycles. The highest BCUT2D eigenvalue weighted by Gasteiger charge is 2.60. The largest absolute Gasteiger partial charge is 0.423 e. The second kappa shape index (κ2) is 5.95. The van der Waals surface area contributed by atoms with E-state index in [4.69, 9.17) is 0 Å². The first-order valence-corrected chi connectivity index (χ1v) is 7.17. The van der Waals surface area contributed by atoms with Crippen molar-refractivity contribution in [2.24, 2.45) is 0 Å².